The van der Waals surface area contributed by atoms with E-state index in [0.29, 0.717) is 30.3 Å². The predicted molar refractivity (Wildman–Crippen MR) is 119 cm³/mol. The Morgan fingerprint density at radius 2 is 2.21 bits per heavy atom. The molecule has 2 atom stereocenters. The van der Waals surface area contributed by atoms with Crippen LogP contribution in [-0.4, -0.2) is 49.8 Å². The van der Waals surface area contributed by atoms with Crippen molar-refractivity contribution in [2.45, 2.75) is 33.2 Å². The van der Waals surface area contributed by atoms with Crippen LogP contribution in [0.2, 0.25) is 0 Å². The summed E-state index contributed by atoms with van der Waals surface area (Å²) in [7, 11) is 0. The van der Waals surface area contributed by atoms with Crippen molar-refractivity contribution in [2.24, 2.45) is 5.92 Å². The van der Waals surface area contributed by atoms with E-state index >= 15 is 0 Å². The number of H-pyrrole nitrogens is 1. The summed E-state index contributed by atoms with van der Waals surface area (Å²) in [4.78, 5) is 15.9. The summed E-state index contributed by atoms with van der Waals surface area (Å²) in [5.74, 6) is 1.65. The second-order valence-corrected chi connectivity index (χ2v) is 8.20. The highest BCUT2D eigenvalue weighted by Crippen LogP contribution is 2.26. The third-order valence-electron chi connectivity index (χ3n) is 5.59. The second-order valence-electron chi connectivity index (χ2n) is 7.59. The fourth-order valence-corrected chi connectivity index (χ4v) is 4.18. The Morgan fingerprint density at radius 1 is 1.34 bits per heavy atom. The van der Waals surface area contributed by atoms with Crippen molar-refractivity contribution in [1.82, 2.24) is 15.0 Å². The van der Waals surface area contributed by atoms with Gasteiger partial charge in [-0.25, -0.2) is 14.2 Å². The first kappa shape index (κ1) is 19.8. The van der Waals surface area contributed by atoms with Crippen LogP contribution in [0.15, 0.2) is 36.5 Å². The molecule has 1 fully saturated rings. The standard InChI is InChI=1S/C22H26N4O2S/c1-4-14(2)21(29-27)19-12-20(26-9-10-28-13-15(26)3)25-22(24-19)17-5-6-18-16(11-17)7-8-23-18/h5-8,11-12,14-15,23H,4,9-10,13H2,1-3H3/t14?,15-/m1/s1. The van der Waals surface area contributed by atoms with Crippen molar-refractivity contribution >= 4 is 32.8 Å². The lowest BCUT2D eigenvalue weighted by Crippen LogP contribution is -2.44. The molecule has 3 aromatic rings. The highest BCUT2D eigenvalue weighted by atomic mass is 32.1. The van der Waals surface area contributed by atoms with Crippen LogP contribution in [0.1, 0.15) is 32.9 Å². The van der Waals surface area contributed by atoms with Crippen molar-refractivity contribution in [3.63, 3.8) is 0 Å². The molecule has 1 aromatic carbocycles. The van der Waals surface area contributed by atoms with Gasteiger partial charge in [-0.1, -0.05) is 13.8 Å². The quantitative estimate of drug-likeness (QED) is 0.514. The lowest BCUT2D eigenvalue weighted by molar-refractivity contribution is 0.0985. The molecule has 0 aliphatic carbocycles. The highest BCUT2D eigenvalue weighted by Gasteiger charge is 2.23. The maximum atomic E-state index is 12.0. The van der Waals surface area contributed by atoms with Gasteiger partial charge >= 0.3 is 0 Å². The number of hydrogen-bond acceptors (Lipinski definition) is 5. The van der Waals surface area contributed by atoms with Crippen molar-refractivity contribution in [3.8, 4) is 11.4 Å². The molecule has 4 rings (SSSR count). The van der Waals surface area contributed by atoms with Gasteiger partial charge in [0.25, 0.3) is 0 Å². The van der Waals surface area contributed by atoms with Crippen LogP contribution in [0.4, 0.5) is 5.82 Å². The lowest BCUT2D eigenvalue weighted by Gasteiger charge is -2.34. The van der Waals surface area contributed by atoms with E-state index in [1.54, 1.807) is 0 Å². The zero-order valence-electron chi connectivity index (χ0n) is 17.0. The largest absolute Gasteiger partial charge is 0.377 e. The molecule has 152 valence electrons. The number of aromatic nitrogens is 3. The Bertz CT molecular complexity index is 1070. The molecule has 0 amide bonds. The molecule has 6 nitrogen and oxygen atoms in total. The van der Waals surface area contributed by atoms with E-state index in [-0.39, 0.29) is 12.0 Å². The molecule has 0 saturated carbocycles. The van der Waals surface area contributed by atoms with Gasteiger partial charge in [0.2, 0.25) is 0 Å². The minimum Gasteiger partial charge on any atom is -0.377 e. The fourth-order valence-electron chi connectivity index (χ4n) is 3.66. The minimum absolute atomic E-state index is 0.155. The number of morpholine rings is 1. The van der Waals surface area contributed by atoms with Crippen LogP contribution in [0, 0.1) is 5.92 Å². The number of anilines is 1. The van der Waals surface area contributed by atoms with E-state index in [9.17, 15) is 4.21 Å². The van der Waals surface area contributed by atoms with Gasteiger partial charge in [0.05, 0.1) is 41.1 Å². The maximum absolute atomic E-state index is 12.0. The molecule has 7 heteroatoms. The first-order valence-corrected chi connectivity index (χ1v) is 10.8. The van der Waals surface area contributed by atoms with Gasteiger partial charge in [-0.2, -0.15) is 0 Å². The van der Waals surface area contributed by atoms with Crippen LogP contribution < -0.4 is 4.90 Å². The van der Waals surface area contributed by atoms with Crippen molar-refractivity contribution in [2.75, 3.05) is 24.7 Å². The summed E-state index contributed by atoms with van der Waals surface area (Å²) in [5.41, 5.74) is 2.75. The van der Waals surface area contributed by atoms with Crippen LogP contribution in [0.3, 0.4) is 0 Å². The van der Waals surface area contributed by atoms with E-state index in [4.69, 9.17) is 14.7 Å². The smallest absolute Gasteiger partial charge is 0.162 e. The third-order valence-corrected chi connectivity index (χ3v) is 6.38. The summed E-state index contributed by atoms with van der Waals surface area (Å²) < 4.78 is 17.5. The molecular weight excluding hydrogens is 384 g/mol. The van der Waals surface area contributed by atoms with Gasteiger partial charge in [-0.15, -0.1) is 0 Å². The normalized spacial score (nSPS) is 18.0. The van der Waals surface area contributed by atoms with E-state index in [1.165, 1.54) is 0 Å². The molecule has 0 bridgehead atoms. The number of nitrogens with one attached hydrogen (secondary N) is 1. The zero-order valence-corrected chi connectivity index (χ0v) is 17.8. The minimum atomic E-state index is 0.155. The second kappa shape index (κ2) is 8.47. The third kappa shape index (κ3) is 3.97. The number of fused-ring (bicyclic) bond motifs is 1. The van der Waals surface area contributed by atoms with Crippen molar-refractivity contribution in [3.05, 3.63) is 42.2 Å². The number of nitrogens with zero attached hydrogens (tertiary/aromatic N) is 3. The van der Waals surface area contributed by atoms with Crippen molar-refractivity contribution < 1.29 is 8.95 Å². The van der Waals surface area contributed by atoms with Crippen LogP contribution in [0.5, 0.6) is 0 Å². The van der Waals surface area contributed by atoms with Gasteiger partial charge in [0.15, 0.2) is 5.82 Å². The molecular formula is C22H26N4O2S. The topological polar surface area (TPSA) is 71.1 Å². The molecule has 2 aromatic heterocycles. The van der Waals surface area contributed by atoms with E-state index in [2.05, 4.69) is 36.7 Å². The summed E-state index contributed by atoms with van der Waals surface area (Å²) in [5, 5.41) is 1.11. The highest BCUT2D eigenvalue weighted by molar-refractivity contribution is 7.67. The number of hydrogen-bond donors (Lipinski definition) is 1. The van der Waals surface area contributed by atoms with Gasteiger partial charge in [-0.3, -0.25) is 0 Å². The van der Waals surface area contributed by atoms with Crippen molar-refractivity contribution in [1.29, 1.82) is 0 Å². The van der Waals surface area contributed by atoms with Gasteiger partial charge in [-0.05, 0) is 43.5 Å². The molecule has 1 aliphatic rings. The monoisotopic (exact) mass is 410 g/mol. The molecule has 29 heavy (non-hydrogen) atoms. The van der Waals surface area contributed by atoms with Crippen LogP contribution in [0.25, 0.3) is 22.3 Å². The molecule has 1 aliphatic heterocycles. The summed E-state index contributed by atoms with van der Waals surface area (Å²) >= 11 is 0.548. The Morgan fingerprint density at radius 3 is 2.97 bits per heavy atom. The first-order valence-electron chi connectivity index (χ1n) is 10.1. The predicted octanol–water partition coefficient (Wildman–Crippen LogP) is 3.63. The number of aromatic amines is 1. The average Bonchev–Trinajstić information content (AvgIpc) is 3.22. The molecule has 1 unspecified atom stereocenters. The Hall–Kier alpha value is -2.51. The van der Waals surface area contributed by atoms with E-state index in [0.717, 1.165) is 45.8 Å². The van der Waals surface area contributed by atoms with Gasteiger partial charge in [0.1, 0.15) is 5.82 Å². The molecule has 0 radical (unpaired) electrons. The lowest BCUT2D eigenvalue weighted by atomic mass is 10.0. The molecule has 0 spiro atoms. The number of rotatable bonds is 5. The number of benzene rings is 1. The zero-order chi connectivity index (χ0) is 20.4. The molecule has 1 N–H and O–H groups in total. The number of ether oxygens (including phenoxy) is 1. The Balaban J connectivity index is 1.86. The average molecular weight is 411 g/mol. The van der Waals surface area contributed by atoms with Gasteiger partial charge < -0.3 is 14.6 Å². The summed E-state index contributed by atoms with van der Waals surface area (Å²) in [6, 6.07) is 10.4. The summed E-state index contributed by atoms with van der Waals surface area (Å²) in [6.45, 7) is 8.42. The molecule has 1 saturated heterocycles. The first-order chi connectivity index (χ1) is 14.1. The Labute approximate surface area is 174 Å². The van der Waals surface area contributed by atoms with Gasteiger partial charge in [0, 0.05) is 35.3 Å². The maximum Gasteiger partial charge on any atom is 0.162 e. The summed E-state index contributed by atoms with van der Waals surface area (Å²) in [6.07, 6.45) is 2.82. The SMILES string of the molecule is CCC(C)C(=S=O)c1cc(N2CCOC[C@H]2C)nc(-c2ccc3[nH]ccc3c2)n1. The van der Waals surface area contributed by atoms with Crippen LogP contribution in [-0.2, 0) is 16.0 Å². The van der Waals surface area contributed by atoms with E-state index in [1.807, 2.05) is 30.5 Å². The molecule has 3 heterocycles. The fraction of sp³-hybridized carbons (Fsp3) is 0.409. The van der Waals surface area contributed by atoms with Crippen LogP contribution >= 0.6 is 0 Å². The van der Waals surface area contributed by atoms with E-state index < -0.39 is 0 Å². The Kier molecular flexibility index (Phi) is 5.78.